The number of aromatic nitrogens is 2. The number of carbonyl (C=O) groups excluding carboxylic acids is 1. The highest BCUT2D eigenvalue weighted by atomic mass is 35.5. The number of amides is 1. The van der Waals surface area contributed by atoms with Gasteiger partial charge in [0.15, 0.2) is 5.82 Å². The lowest BCUT2D eigenvalue weighted by Crippen LogP contribution is -2.28. The number of H-pyrrole nitrogens is 1. The van der Waals surface area contributed by atoms with Gasteiger partial charge in [0, 0.05) is 25.1 Å². The molecule has 0 bridgehead atoms. The number of carbonyl (C=O) groups is 1. The molecule has 0 saturated carbocycles. The van der Waals surface area contributed by atoms with Crippen LogP contribution in [0.2, 0.25) is 5.15 Å². The minimum atomic E-state index is -0.0945. The smallest absolute Gasteiger partial charge is 0.229 e. The van der Waals surface area contributed by atoms with Crippen molar-refractivity contribution >= 4 is 23.3 Å². The van der Waals surface area contributed by atoms with Crippen LogP contribution in [0.25, 0.3) is 0 Å². The Morgan fingerprint density at radius 3 is 3.00 bits per heavy atom. The SMILES string of the molecule is NC1CC(=O)N(c2cc(Cl)[nH]n2)C1. The summed E-state index contributed by atoms with van der Waals surface area (Å²) in [7, 11) is 0. The van der Waals surface area contributed by atoms with E-state index in [0.717, 1.165) is 0 Å². The third-order valence-electron chi connectivity index (χ3n) is 1.96. The van der Waals surface area contributed by atoms with Crippen molar-refractivity contribution in [2.45, 2.75) is 12.5 Å². The second kappa shape index (κ2) is 3.01. The number of hydrogen-bond donors (Lipinski definition) is 2. The number of rotatable bonds is 1. The second-order valence-electron chi connectivity index (χ2n) is 3.04. The minimum Gasteiger partial charge on any atom is -0.326 e. The maximum absolute atomic E-state index is 11.3. The quantitative estimate of drug-likeness (QED) is 0.677. The first-order valence-corrected chi connectivity index (χ1v) is 4.31. The molecule has 6 heteroatoms. The summed E-state index contributed by atoms with van der Waals surface area (Å²) in [6, 6.07) is 1.51. The van der Waals surface area contributed by atoms with Gasteiger partial charge in [-0.15, -0.1) is 0 Å². The largest absolute Gasteiger partial charge is 0.326 e. The van der Waals surface area contributed by atoms with E-state index < -0.39 is 0 Å². The standard InChI is InChI=1S/C7H9ClN4O/c8-5-2-6(11-10-5)12-3-4(9)1-7(12)13/h2,4H,1,3,9H2,(H,10,11). The number of nitrogens with two attached hydrogens (primary N) is 1. The summed E-state index contributed by atoms with van der Waals surface area (Å²) in [5.74, 6) is 0.540. The Labute approximate surface area is 79.8 Å². The molecule has 0 aromatic carbocycles. The van der Waals surface area contributed by atoms with Crippen molar-refractivity contribution in [2.75, 3.05) is 11.4 Å². The van der Waals surface area contributed by atoms with Crippen LogP contribution in [0.5, 0.6) is 0 Å². The van der Waals surface area contributed by atoms with Gasteiger partial charge in [0.2, 0.25) is 5.91 Å². The van der Waals surface area contributed by atoms with Crippen LogP contribution < -0.4 is 10.6 Å². The average molecular weight is 201 g/mol. The van der Waals surface area contributed by atoms with Crippen molar-refractivity contribution in [1.82, 2.24) is 10.2 Å². The molecule has 5 nitrogen and oxygen atoms in total. The van der Waals surface area contributed by atoms with Crippen LogP contribution in [0.4, 0.5) is 5.82 Å². The summed E-state index contributed by atoms with van der Waals surface area (Å²) >= 11 is 5.64. The Kier molecular flexibility index (Phi) is 1.97. The molecule has 1 atom stereocenters. The van der Waals surface area contributed by atoms with E-state index in [9.17, 15) is 4.79 Å². The molecule has 3 N–H and O–H groups in total. The molecular weight excluding hydrogens is 192 g/mol. The van der Waals surface area contributed by atoms with Gasteiger partial charge in [0.25, 0.3) is 0 Å². The highest BCUT2D eigenvalue weighted by molar-refractivity contribution is 6.29. The molecule has 2 rings (SSSR count). The van der Waals surface area contributed by atoms with Crippen LogP contribution in [-0.2, 0) is 4.79 Å². The number of nitrogens with zero attached hydrogens (tertiary/aromatic N) is 2. The summed E-state index contributed by atoms with van der Waals surface area (Å²) in [5, 5.41) is 6.86. The number of aromatic amines is 1. The maximum Gasteiger partial charge on any atom is 0.229 e. The van der Waals surface area contributed by atoms with E-state index >= 15 is 0 Å². The van der Waals surface area contributed by atoms with Crippen molar-refractivity contribution in [3.05, 3.63) is 11.2 Å². The van der Waals surface area contributed by atoms with Gasteiger partial charge in [-0.1, -0.05) is 11.6 Å². The van der Waals surface area contributed by atoms with Gasteiger partial charge in [-0.2, -0.15) is 5.10 Å². The summed E-state index contributed by atoms with van der Waals surface area (Å²) in [4.78, 5) is 12.9. The first-order valence-electron chi connectivity index (χ1n) is 3.93. The van der Waals surface area contributed by atoms with Crippen LogP contribution in [0.15, 0.2) is 6.07 Å². The van der Waals surface area contributed by atoms with Crippen molar-refractivity contribution < 1.29 is 4.79 Å². The van der Waals surface area contributed by atoms with Crippen LogP contribution >= 0.6 is 11.6 Å². The zero-order valence-electron chi connectivity index (χ0n) is 6.83. The number of nitrogens with one attached hydrogen (secondary N) is 1. The minimum absolute atomic E-state index is 0.00401. The van der Waals surface area contributed by atoms with Crippen molar-refractivity contribution in [2.24, 2.45) is 5.73 Å². The normalized spacial score (nSPS) is 22.8. The molecular formula is C7H9ClN4O. The van der Waals surface area contributed by atoms with Crippen LogP contribution in [0.1, 0.15) is 6.42 Å². The van der Waals surface area contributed by atoms with Crippen molar-refractivity contribution in [3.63, 3.8) is 0 Å². The van der Waals surface area contributed by atoms with E-state index in [-0.39, 0.29) is 11.9 Å². The molecule has 13 heavy (non-hydrogen) atoms. The zero-order chi connectivity index (χ0) is 9.42. The fraction of sp³-hybridized carbons (Fsp3) is 0.429. The second-order valence-corrected chi connectivity index (χ2v) is 3.45. The van der Waals surface area contributed by atoms with Crippen molar-refractivity contribution in [1.29, 1.82) is 0 Å². The maximum atomic E-state index is 11.3. The molecule has 1 aromatic heterocycles. The summed E-state index contributed by atoms with van der Waals surface area (Å²) in [6.07, 6.45) is 0.379. The van der Waals surface area contributed by atoms with E-state index in [1.165, 1.54) is 4.90 Å². The van der Waals surface area contributed by atoms with E-state index in [1.54, 1.807) is 6.07 Å². The Hall–Kier alpha value is -1.07. The Morgan fingerprint density at radius 2 is 2.54 bits per heavy atom. The fourth-order valence-electron chi connectivity index (χ4n) is 1.38. The molecule has 2 heterocycles. The Morgan fingerprint density at radius 1 is 1.77 bits per heavy atom. The molecule has 1 amide bonds. The Bertz CT molecular complexity index is 337. The molecule has 1 aliphatic rings. The molecule has 1 aromatic rings. The Balaban J connectivity index is 2.22. The van der Waals surface area contributed by atoms with E-state index in [4.69, 9.17) is 17.3 Å². The van der Waals surface area contributed by atoms with Gasteiger partial charge in [-0.3, -0.25) is 14.8 Å². The van der Waals surface area contributed by atoms with Gasteiger partial charge < -0.3 is 5.73 Å². The summed E-state index contributed by atoms with van der Waals surface area (Å²) < 4.78 is 0. The van der Waals surface area contributed by atoms with Crippen LogP contribution in [-0.4, -0.2) is 28.7 Å². The predicted octanol–water partition coefficient (Wildman–Crippen LogP) is 0.127. The fourth-order valence-corrected chi connectivity index (χ4v) is 1.52. The van der Waals surface area contributed by atoms with Gasteiger partial charge in [-0.25, -0.2) is 0 Å². The molecule has 1 fully saturated rings. The molecule has 0 aliphatic carbocycles. The van der Waals surface area contributed by atoms with Crippen molar-refractivity contribution in [3.8, 4) is 0 Å². The average Bonchev–Trinajstić information content (AvgIpc) is 2.58. The van der Waals surface area contributed by atoms with E-state index in [2.05, 4.69) is 10.2 Å². The molecule has 0 radical (unpaired) electrons. The van der Waals surface area contributed by atoms with Crippen LogP contribution in [0, 0.1) is 0 Å². The summed E-state index contributed by atoms with van der Waals surface area (Å²) in [5.41, 5.74) is 5.63. The van der Waals surface area contributed by atoms with Gasteiger partial charge in [0.05, 0.1) is 0 Å². The predicted molar refractivity (Wildman–Crippen MR) is 48.5 cm³/mol. The lowest BCUT2D eigenvalue weighted by atomic mass is 10.3. The highest BCUT2D eigenvalue weighted by Gasteiger charge is 2.29. The third kappa shape index (κ3) is 1.52. The molecule has 1 aliphatic heterocycles. The van der Waals surface area contributed by atoms with Gasteiger partial charge in [0.1, 0.15) is 5.15 Å². The summed E-state index contributed by atoms with van der Waals surface area (Å²) in [6.45, 7) is 0.514. The van der Waals surface area contributed by atoms with Crippen LogP contribution in [0.3, 0.4) is 0 Å². The van der Waals surface area contributed by atoms with E-state index in [0.29, 0.717) is 23.9 Å². The first kappa shape index (κ1) is 8.52. The lowest BCUT2D eigenvalue weighted by molar-refractivity contribution is -0.117. The topological polar surface area (TPSA) is 75.0 Å². The lowest BCUT2D eigenvalue weighted by Gasteiger charge is -2.10. The highest BCUT2D eigenvalue weighted by Crippen LogP contribution is 2.20. The molecule has 70 valence electrons. The molecule has 1 saturated heterocycles. The third-order valence-corrected chi connectivity index (χ3v) is 2.16. The van der Waals surface area contributed by atoms with Gasteiger partial charge >= 0.3 is 0 Å². The number of anilines is 1. The number of hydrogen-bond acceptors (Lipinski definition) is 3. The molecule has 1 unspecified atom stereocenters. The zero-order valence-corrected chi connectivity index (χ0v) is 7.58. The monoisotopic (exact) mass is 200 g/mol. The first-order chi connectivity index (χ1) is 6.16. The molecule has 0 spiro atoms. The number of halogens is 1. The van der Waals surface area contributed by atoms with Gasteiger partial charge in [-0.05, 0) is 0 Å². The van der Waals surface area contributed by atoms with E-state index in [1.807, 2.05) is 0 Å².